The van der Waals surface area contributed by atoms with Gasteiger partial charge in [0.25, 0.3) is 0 Å². The second-order valence-corrected chi connectivity index (χ2v) is 6.51. The Labute approximate surface area is 149 Å². The number of terminal acetylenes is 1. The molecule has 1 fully saturated rings. The van der Waals surface area contributed by atoms with Crippen molar-refractivity contribution in [2.75, 3.05) is 45.9 Å². The van der Waals surface area contributed by atoms with Gasteiger partial charge in [0.05, 0.1) is 13.2 Å². The summed E-state index contributed by atoms with van der Waals surface area (Å²) in [6.07, 6.45) is 8.24. The summed E-state index contributed by atoms with van der Waals surface area (Å²) in [5.74, 6) is 4.49. The number of amides is 1. The molecule has 2 aliphatic rings. The monoisotopic (exact) mass is 342 g/mol. The van der Waals surface area contributed by atoms with Crippen LogP contribution >= 0.6 is 0 Å². The molecular weight excluding hydrogens is 316 g/mol. The van der Waals surface area contributed by atoms with Crippen LogP contribution in [-0.4, -0.2) is 61.6 Å². The summed E-state index contributed by atoms with van der Waals surface area (Å²) in [5, 5.41) is 0. The van der Waals surface area contributed by atoms with Crippen LogP contribution in [0.15, 0.2) is 18.2 Å². The number of aryl methyl sites for hydroxylation is 1. The average molecular weight is 342 g/mol. The predicted molar refractivity (Wildman–Crippen MR) is 96.8 cm³/mol. The van der Waals surface area contributed by atoms with E-state index in [0.29, 0.717) is 19.6 Å². The Morgan fingerprint density at radius 3 is 2.64 bits per heavy atom. The van der Waals surface area contributed by atoms with Crippen molar-refractivity contribution in [1.29, 1.82) is 0 Å². The maximum absolute atomic E-state index is 12.5. The largest absolute Gasteiger partial charge is 0.490 e. The van der Waals surface area contributed by atoms with Gasteiger partial charge in [-0.25, -0.2) is 0 Å². The third kappa shape index (κ3) is 4.90. The summed E-state index contributed by atoms with van der Waals surface area (Å²) >= 11 is 0. The molecule has 1 amide bonds. The second-order valence-electron chi connectivity index (χ2n) is 6.51. The Balaban J connectivity index is 1.47. The number of rotatable bonds is 5. The quantitative estimate of drug-likeness (QED) is 0.767. The number of ether oxygens (including phenoxy) is 2. The van der Waals surface area contributed by atoms with Crippen LogP contribution in [0.25, 0.3) is 0 Å². The lowest BCUT2D eigenvalue weighted by Gasteiger charge is -2.34. The summed E-state index contributed by atoms with van der Waals surface area (Å²) in [7, 11) is 0. The highest BCUT2D eigenvalue weighted by atomic mass is 16.5. The number of hydrogen-bond acceptors (Lipinski definition) is 4. The van der Waals surface area contributed by atoms with Crippen LogP contribution in [0.3, 0.4) is 0 Å². The first-order chi connectivity index (χ1) is 12.3. The Morgan fingerprint density at radius 1 is 1.12 bits per heavy atom. The molecule has 0 aromatic heterocycles. The molecule has 25 heavy (non-hydrogen) atoms. The molecule has 3 rings (SSSR count). The minimum atomic E-state index is 0.226. The summed E-state index contributed by atoms with van der Waals surface area (Å²) < 4.78 is 11.4. The smallest absolute Gasteiger partial charge is 0.222 e. The van der Waals surface area contributed by atoms with Gasteiger partial charge in [-0.15, -0.1) is 12.3 Å². The molecule has 0 spiro atoms. The van der Waals surface area contributed by atoms with Gasteiger partial charge >= 0.3 is 0 Å². The van der Waals surface area contributed by atoms with Gasteiger partial charge in [0.2, 0.25) is 5.91 Å². The van der Waals surface area contributed by atoms with Crippen LogP contribution in [0.5, 0.6) is 11.5 Å². The average Bonchev–Trinajstić information content (AvgIpc) is 2.89. The van der Waals surface area contributed by atoms with E-state index >= 15 is 0 Å². The minimum Gasteiger partial charge on any atom is -0.490 e. The van der Waals surface area contributed by atoms with Crippen molar-refractivity contribution in [3.63, 3.8) is 0 Å². The van der Waals surface area contributed by atoms with E-state index in [1.807, 2.05) is 23.1 Å². The first-order valence-electron chi connectivity index (χ1n) is 9.08. The zero-order valence-electron chi connectivity index (χ0n) is 14.7. The number of carbonyl (C=O) groups excluding carboxylic acids is 1. The highest BCUT2D eigenvalue weighted by Crippen LogP contribution is 2.30. The molecular formula is C20H26N2O3. The molecule has 0 saturated carbocycles. The van der Waals surface area contributed by atoms with E-state index in [1.165, 1.54) is 0 Å². The number of carbonyl (C=O) groups is 1. The molecule has 0 N–H and O–H groups in total. The number of fused-ring (bicyclic) bond motifs is 1. The van der Waals surface area contributed by atoms with E-state index in [-0.39, 0.29) is 5.91 Å². The predicted octanol–water partition coefficient (Wildman–Crippen LogP) is 1.95. The first kappa shape index (κ1) is 17.6. The van der Waals surface area contributed by atoms with Crippen molar-refractivity contribution >= 4 is 5.91 Å². The van der Waals surface area contributed by atoms with Gasteiger partial charge in [-0.3, -0.25) is 9.69 Å². The molecule has 1 aromatic carbocycles. The molecule has 1 aromatic rings. The standard InChI is InChI=1S/C20H26N2O3/c1-2-3-9-21-10-12-22(13-11-21)20(23)8-6-17-5-7-18-19(16-17)25-15-4-14-24-18/h1,5,7,16H,3-4,6,8-15H2. The highest BCUT2D eigenvalue weighted by Gasteiger charge is 2.20. The molecule has 134 valence electrons. The molecule has 0 aliphatic carbocycles. The van der Waals surface area contributed by atoms with Crippen molar-refractivity contribution in [2.45, 2.75) is 25.7 Å². The molecule has 0 radical (unpaired) electrons. The zero-order valence-corrected chi connectivity index (χ0v) is 14.7. The van der Waals surface area contributed by atoms with E-state index in [1.54, 1.807) is 0 Å². The Hall–Kier alpha value is -2.19. The second kappa shape index (κ2) is 8.77. The molecule has 2 heterocycles. The van der Waals surface area contributed by atoms with E-state index in [4.69, 9.17) is 15.9 Å². The van der Waals surface area contributed by atoms with Crippen molar-refractivity contribution in [1.82, 2.24) is 9.80 Å². The highest BCUT2D eigenvalue weighted by molar-refractivity contribution is 5.76. The number of nitrogens with zero attached hydrogens (tertiary/aromatic N) is 2. The summed E-state index contributed by atoms with van der Waals surface area (Å²) in [6.45, 7) is 5.72. The van der Waals surface area contributed by atoms with Crippen molar-refractivity contribution in [3.05, 3.63) is 23.8 Å². The van der Waals surface area contributed by atoms with Gasteiger partial charge in [-0.2, -0.15) is 0 Å². The lowest BCUT2D eigenvalue weighted by atomic mass is 10.1. The van der Waals surface area contributed by atoms with E-state index in [9.17, 15) is 4.79 Å². The van der Waals surface area contributed by atoms with Crippen LogP contribution in [0.1, 0.15) is 24.8 Å². The maximum Gasteiger partial charge on any atom is 0.222 e. The third-order valence-electron chi connectivity index (χ3n) is 4.74. The fourth-order valence-corrected chi connectivity index (χ4v) is 3.22. The number of benzene rings is 1. The zero-order chi connectivity index (χ0) is 17.5. The fraction of sp³-hybridized carbons (Fsp3) is 0.550. The Kier molecular flexibility index (Phi) is 6.19. The van der Waals surface area contributed by atoms with Crippen molar-refractivity contribution < 1.29 is 14.3 Å². The summed E-state index contributed by atoms with van der Waals surface area (Å²) in [4.78, 5) is 16.7. The van der Waals surface area contributed by atoms with E-state index in [0.717, 1.165) is 69.0 Å². The van der Waals surface area contributed by atoms with Crippen LogP contribution in [-0.2, 0) is 11.2 Å². The van der Waals surface area contributed by atoms with Crippen LogP contribution in [0.2, 0.25) is 0 Å². The van der Waals surface area contributed by atoms with E-state index in [2.05, 4.69) is 10.8 Å². The lowest BCUT2D eigenvalue weighted by molar-refractivity contribution is -0.132. The van der Waals surface area contributed by atoms with Crippen LogP contribution in [0, 0.1) is 12.3 Å². The molecule has 0 unspecified atom stereocenters. The van der Waals surface area contributed by atoms with Gasteiger partial charge in [-0.1, -0.05) is 6.07 Å². The first-order valence-corrected chi connectivity index (χ1v) is 9.08. The van der Waals surface area contributed by atoms with Gasteiger partial charge in [0.15, 0.2) is 11.5 Å². The molecule has 0 bridgehead atoms. The SMILES string of the molecule is C#CCCN1CCN(C(=O)CCc2ccc3c(c2)OCCCO3)CC1. The third-order valence-corrected chi connectivity index (χ3v) is 4.74. The summed E-state index contributed by atoms with van der Waals surface area (Å²) in [5.41, 5.74) is 1.12. The minimum absolute atomic E-state index is 0.226. The fourth-order valence-electron chi connectivity index (χ4n) is 3.22. The van der Waals surface area contributed by atoms with E-state index < -0.39 is 0 Å². The van der Waals surface area contributed by atoms with Crippen LogP contribution in [0.4, 0.5) is 0 Å². The van der Waals surface area contributed by atoms with Crippen LogP contribution < -0.4 is 9.47 Å². The molecule has 5 nitrogen and oxygen atoms in total. The topological polar surface area (TPSA) is 42.0 Å². The Morgan fingerprint density at radius 2 is 1.88 bits per heavy atom. The molecule has 1 saturated heterocycles. The number of hydrogen-bond donors (Lipinski definition) is 0. The normalized spacial score (nSPS) is 17.6. The summed E-state index contributed by atoms with van der Waals surface area (Å²) in [6, 6.07) is 5.98. The molecule has 2 aliphatic heterocycles. The van der Waals surface area contributed by atoms with Gasteiger partial charge < -0.3 is 14.4 Å². The van der Waals surface area contributed by atoms with Gasteiger partial charge in [-0.05, 0) is 24.1 Å². The molecule has 5 heteroatoms. The number of piperazine rings is 1. The van der Waals surface area contributed by atoms with Gasteiger partial charge in [0.1, 0.15) is 0 Å². The Bertz CT molecular complexity index is 630. The lowest BCUT2D eigenvalue weighted by Crippen LogP contribution is -2.48. The van der Waals surface area contributed by atoms with Crippen molar-refractivity contribution in [3.8, 4) is 23.8 Å². The molecule has 0 atom stereocenters. The van der Waals surface area contributed by atoms with Gasteiger partial charge in [0, 0.05) is 52.0 Å². The maximum atomic E-state index is 12.5. The van der Waals surface area contributed by atoms with Crippen molar-refractivity contribution in [2.24, 2.45) is 0 Å².